The van der Waals surface area contributed by atoms with Crippen molar-refractivity contribution in [2.24, 2.45) is 11.1 Å². The largest absolute Gasteiger partial charge is 0.416 e. The molecule has 3 N–H and O–H groups in total. The van der Waals surface area contributed by atoms with E-state index >= 15 is 0 Å². The normalized spacial score (nSPS) is 21.1. The lowest BCUT2D eigenvalue weighted by Crippen LogP contribution is -2.31. The number of hydrogen-bond acceptors (Lipinski definition) is 5. The van der Waals surface area contributed by atoms with Crippen LogP contribution in [-0.4, -0.2) is 11.9 Å². The van der Waals surface area contributed by atoms with Crippen LogP contribution in [0.5, 0.6) is 0 Å². The van der Waals surface area contributed by atoms with Crippen molar-refractivity contribution in [2.45, 2.75) is 37.9 Å². The first kappa shape index (κ1) is 24.0. The van der Waals surface area contributed by atoms with Gasteiger partial charge in [-0.2, -0.15) is 13.2 Å². The van der Waals surface area contributed by atoms with Crippen molar-refractivity contribution in [3.05, 3.63) is 70.3 Å². The molecule has 0 aliphatic heterocycles. The highest BCUT2D eigenvalue weighted by atomic mass is 32.2. The van der Waals surface area contributed by atoms with Crippen LogP contribution in [0, 0.1) is 17.6 Å². The molecular formula is C21H19F5N2O3S. The standard InChI is InChI=1S/C21H19F5N2O3S/c1-10(13-7-17(23)14(8-16(13)22)19(30)31-32-27)28-18(29)15-9-20(15,2)11-3-5-12(6-4-11)21(24,25)26/h3-8,10,15H,9,27H2,1-2H3,(H,28,29)/t10-,15-,20-/m1/s1. The van der Waals surface area contributed by atoms with Crippen LogP contribution in [0.15, 0.2) is 36.4 Å². The van der Waals surface area contributed by atoms with E-state index in [9.17, 15) is 31.5 Å². The minimum absolute atomic E-state index is 0.176. The van der Waals surface area contributed by atoms with E-state index in [1.165, 1.54) is 19.1 Å². The zero-order valence-electron chi connectivity index (χ0n) is 16.9. The fourth-order valence-electron chi connectivity index (χ4n) is 3.64. The third-order valence-electron chi connectivity index (χ3n) is 5.68. The number of hydrogen-bond donors (Lipinski definition) is 2. The second-order valence-electron chi connectivity index (χ2n) is 7.80. The lowest BCUT2D eigenvalue weighted by molar-refractivity contribution is -0.137. The molecular weight excluding hydrogens is 455 g/mol. The number of benzene rings is 2. The Morgan fingerprint density at radius 3 is 2.38 bits per heavy atom. The molecule has 172 valence electrons. The van der Waals surface area contributed by atoms with Gasteiger partial charge in [0.2, 0.25) is 5.91 Å². The number of nitrogens with one attached hydrogen (secondary N) is 1. The van der Waals surface area contributed by atoms with Crippen LogP contribution in [-0.2, 0) is 20.6 Å². The minimum atomic E-state index is -4.45. The first-order valence-corrected chi connectivity index (χ1v) is 10.2. The van der Waals surface area contributed by atoms with Crippen LogP contribution in [0.1, 0.15) is 53.4 Å². The van der Waals surface area contributed by atoms with Gasteiger partial charge in [0.25, 0.3) is 0 Å². The van der Waals surface area contributed by atoms with Gasteiger partial charge in [0, 0.05) is 16.9 Å². The molecule has 3 atom stereocenters. The zero-order chi connectivity index (χ0) is 23.8. The Labute approximate surface area is 184 Å². The van der Waals surface area contributed by atoms with Gasteiger partial charge in [-0.15, -0.1) is 0 Å². The van der Waals surface area contributed by atoms with E-state index in [1.54, 1.807) is 6.92 Å². The Kier molecular flexibility index (Phi) is 6.52. The summed E-state index contributed by atoms with van der Waals surface area (Å²) < 4.78 is 71.3. The molecule has 0 unspecified atom stereocenters. The fraction of sp³-hybridized carbons (Fsp3) is 0.333. The highest BCUT2D eigenvalue weighted by Crippen LogP contribution is 2.54. The van der Waals surface area contributed by atoms with Crippen molar-refractivity contribution in [3.8, 4) is 0 Å². The van der Waals surface area contributed by atoms with E-state index in [1.807, 2.05) is 0 Å². The van der Waals surface area contributed by atoms with Gasteiger partial charge in [0.05, 0.1) is 17.2 Å². The predicted molar refractivity (Wildman–Crippen MR) is 107 cm³/mol. The Morgan fingerprint density at radius 1 is 1.19 bits per heavy atom. The zero-order valence-corrected chi connectivity index (χ0v) is 17.7. The van der Waals surface area contributed by atoms with E-state index in [0.717, 1.165) is 18.2 Å². The molecule has 11 heteroatoms. The smallest absolute Gasteiger partial charge is 0.371 e. The van der Waals surface area contributed by atoms with E-state index in [0.29, 0.717) is 18.1 Å². The molecule has 1 fully saturated rings. The lowest BCUT2D eigenvalue weighted by Gasteiger charge is -2.18. The minimum Gasteiger partial charge on any atom is -0.371 e. The molecule has 0 radical (unpaired) electrons. The molecule has 5 nitrogen and oxygen atoms in total. The van der Waals surface area contributed by atoms with Gasteiger partial charge in [-0.05, 0) is 43.2 Å². The molecule has 3 rings (SSSR count). The van der Waals surface area contributed by atoms with Crippen LogP contribution >= 0.6 is 12.2 Å². The maximum Gasteiger partial charge on any atom is 0.416 e. The van der Waals surface area contributed by atoms with E-state index in [4.69, 9.17) is 5.14 Å². The van der Waals surface area contributed by atoms with E-state index in [-0.39, 0.29) is 17.8 Å². The average molecular weight is 474 g/mol. The van der Waals surface area contributed by atoms with Gasteiger partial charge in [-0.1, -0.05) is 19.1 Å². The van der Waals surface area contributed by atoms with E-state index < -0.39 is 58.2 Å². The Balaban J connectivity index is 1.70. The first-order chi connectivity index (χ1) is 14.9. The number of rotatable bonds is 6. The molecule has 2 aromatic carbocycles. The van der Waals surface area contributed by atoms with Gasteiger partial charge >= 0.3 is 12.1 Å². The summed E-state index contributed by atoms with van der Waals surface area (Å²) in [5, 5.41) is 7.57. The number of amides is 1. The molecule has 1 aliphatic carbocycles. The molecule has 0 heterocycles. The fourth-order valence-corrected chi connectivity index (χ4v) is 3.81. The van der Waals surface area contributed by atoms with Gasteiger partial charge in [0.1, 0.15) is 23.9 Å². The van der Waals surface area contributed by atoms with Crippen LogP contribution < -0.4 is 10.5 Å². The van der Waals surface area contributed by atoms with Crippen LogP contribution in [0.2, 0.25) is 0 Å². The van der Waals surface area contributed by atoms with Crippen molar-refractivity contribution in [2.75, 3.05) is 0 Å². The summed E-state index contributed by atoms with van der Waals surface area (Å²) in [6.07, 6.45) is -4.06. The van der Waals surface area contributed by atoms with Gasteiger partial charge in [-0.25, -0.2) is 18.7 Å². The van der Waals surface area contributed by atoms with Gasteiger partial charge < -0.3 is 9.50 Å². The number of carbonyl (C=O) groups is 2. The molecule has 0 bridgehead atoms. The first-order valence-electron chi connectivity index (χ1n) is 9.43. The summed E-state index contributed by atoms with van der Waals surface area (Å²) in [4.78, 5) is 24.3. The molecule has 32 heavy (non-hydrogen) atoms. The SMILES string of the molecule is C[C@@H](NC(=O)[C@H]1C[C@]1(C)c1ccc(C(F)(F)F)cc1)c1cc(F)c(C(=O)OSN)cc1F. The molecule has 2 aromatic rings. The summed E-state index contributed by atoms with van der Waals surface area (Å²) in [6.45, 7) is 3.20. The maximum atomic E-state index is 14.4. The lowest BCUT2D eigenvalue weighted by atomic mass is 9.94. The summed E-state index contributed by atoms with van der Waals surface area (Å²) >= 11 is 0.197. The molecule has 1 amide bonds. The molecule has 1 saturated carbocycles. The second kappa shape index (κ2) is 8.70. The second-order valence-corrected chi connectivity index (χ2v) is 8.16. The maximum absolute atomic E-state index is 14.4. The third-order valence-corrected chi connectivity index (χ3v) is 5.93. The Morgan fingerprint density at radius 2 is 1.81 bits per heavy atom. The topological polar surface area (TPSA) is 81.4 Å². The van der Waals surface area contributed by atoms with Crippen LogP contribution in [0.3, 0.4) is 0 Å². The van der Waals surface area contributed by atoms with Crippen molar-refractivity contribution in [3.63, 3.8) is 0 Å². The molecule has 0 spiro atoms. The number of alkyl halides is 3. The van der Waals surface area contributed by atoms with Crippen molar-refractivity contribution in [1.29, 1.82) is 0 Å². The summed E-state index contributed by atoms with van der Waals surface area (Å²) in [5.74, 6) is -4.09. The van der Waals surface area contributed by atoms with Gasteiger partial charge in [0.15, 0.2) is 0 Å². The van der Waals surface area contributed by atoms with Crippen LogP contribution in [0.25, 0.3) is 0 Å². The van der Waals surface area contributed by atoms with Crippen molar-refractivity contribution >= 4 is 24.1 Å². The van der Waals surface area contributed by atoms with Gasteiger partial charge in [-0.3, -0.25) is 4.79 Å². The third kappa shape index (κ3) is 4.73. The quantitative estimate of drug-likeness (QED) is 0.357. The summed E-state index contributed by atoms with van der Waals surface area (Å²) in [6, 6.07) is 5.13. The molecule has 0 aromatic heterocycles. The van der Waals surface area contributed by atoms with Crippen LogP contribution in [0.4, 0.5) is 22.0 Å². The molecule has 0 saturated heterocycles. The summed E-state index contributed by atoms with van der Waals surface area (Å²) in [7, 11) is 0. The van der Waals surface area contributed by atoms with E-state index in [2.05, 4.69) is 9.50 Å². The van der Waals surface area contributed by atoms with Crippen molar-refractivity contribution < 1.29 is 35.7 Å². The predicted octanol–water partition coefficient (Wildman–Crippen LogP) is 4.82. The number of halogens is 5. The average Bonchev–Trinajstić information content (AvgIpc) is 3.42. The Hall–Kier alpha value is -2.66. The number of nitrogens with two attached hydrogens (primary N) is 1. The monoisotopic (exact) mass is 474 g/mol. The highest BCUT2D eigenvalue weighted by molar-refractivity contribution is 7.92. The Bertz CT molecular complexity index is 1040. The van der Waals surface area contributed by atoms with Crippen molar-refractivity contribution in [1.82, 2.24) is 5.32 Å². The number of carbonyl (C=O) groups excluding carboxylic acids is 2. The summed E-state index contributed by atoms with van der Waals surface area (Å²) in [5.41, 5.74) is -1.68. The molecule has 1 aliphatic rings. The highest BCUT2D eigenvalue weighted by Gasteiger charge is 2.55.